The van der Waals surface area contributed by atoms with E-state index in [1.807, 2.05) is 0 Å². The molecule has 0 saturated heterocycles. The maximum atomic E-state index is 12.7. The first kappa shape index (κ1) is 14.1. The number of carbonyl (C=O) groups excluding carboxylic acids is 2. The van der Waals surface area contributed by atoms with Crippen LogP contribution >= 0.6 is 23.2 Å². The number of anilines is 1. The third-order valence-electron chi connectivity index (χ3n) is 3.42. The van der Waals surface area contributed by atoms with E-state index in [2.05, 4.69) is 5.32 Å². The summed E-state index contributed by atoms with van der Waals surface area (Å²) < 4.78 is 0. The number of aliphatic hydroxyl groups is 1. The molecule has 2 aromatic carbocycles. The predicted molar refractivity (Wildman–Crippen MR) is 79.8 cm³/mol. The Morgan fingerprint density at radius 2 is 1.57 bits per heavy atom. The second-order valence-corrected chi connectivity index (χ2v) is 5.45. The van der Waals surface area contributed by atoms with E-state index in [4.69, 9.17) is 23.2 Å². The van der Waals surface area contributed by atoms with E-state index in [9.17, 15) is 14.7 Å². The lowest BCUT2D eigenvalue weighted by molar-refractivity contribution is -0.130. The molecule has 1 amide bonds. The van der Waals surface area contributed by atoms with Gasteiger partial charge in [0.15, 0.2) is 0 Å². The van der Waals surface area contributed by atoms with Crippen LogP contribution in [0, 0.1) is 0 Å². The summed E-state index contributed by atoms with van der Waals surface area (Å²) in [5.41, 5.74) is -2.01. The highest BCUT2D eigenvalue weighted by atomic mass is 35.5. The Hall–Kier alpha value is -1.88. The summed E-state index contributed by atoms with van der Waals surface area (Å²) in [5, 5.41) is 13.4. The topological polar surface area (TPSA) is 66.4 Å². The molecule has 4 nitrogen and oxygen atoms in total. The first-order chi connectivity index (χ1) is 9.96. The lowest BCUT2D eigenvalue weighted by Crippen LogP contribution is -2.50. The molecule has 0 radical (unpaired) electrons. The van der Waals surface area contributed by atoms with Crippen LogP contribution in [0.1, 0.15) is 15.9 Å². The van der Waals surface area contributed by atoms with Crippen molar-refractivity contribution >= 4 is 40.6 Å². The number of hydrogen-bond acceptors (Lipinski definition) is 3. The van der Waals surface area contributed by atoms with Crippen molar-refractivity contribution in [3.63, 3.8) is 0 Å². The molecule has 106 valence electrons. The summed E-state index contributed by atoms with van der Waals surface area (Å²) in [6, 6.07) is 10.9. The highest BCUT2D eigenvalue weighted by Gasteiger charge is 2.51. The van der Waals surface area contributed by atoms with E-state index in [0.717, 1.165) is 0 Å². The first-order valence-electron chi connectivity index (χ1n) is 6.08. The van der Waals surface area contributed by atoms with Crippen LogP contribution in [-0.4, -0.2) is 16.8 Å². The molecule has 1 aliphatic rings. The van der Waals surface area contributed by atoms with Crippen molar-refractivity contribution in [3.8, 4) is 0 Å². The third-order valence-corrected chi connectivity index (χ3v) is 4.05. The Morgan fingerprint density at radius 3 is 2.24 bits per heavy atom. The fraction of sp³-hybridized carbons (Fsp3) is 0.0667. The predicted octanol–water partition coefficient (Wildman–Crippen LogP) is 3.02. The number of ketones is 1. The zero-order chi connectivity index (χ0) is 15.2. The van der Waals surface area contributed by atoms with E-state index in [-0.39, 0.29) is 26.9 Å². The smallest absolute Gasteiger partial charge is 0.269 e. The molecule has 0 saturated carbocycles. The number of benzene rings is 2. The molecule has 2 N–H and O–H groups in total. The average molecular weight is 322 g/mol. The van der Waals surface area contributed by atoms with Gasteiger partial charge in [-0.05, 0) is 12.1 Å². The fourth-order valence-electron chi connectivity index (χ4n) is 2.33. The second-order valence-electron chi connectivity index (χ2n) is 4.64. The minimum absolute atomic E-state index is 0.00937. The van der Waals surface area contributed by atoms with E-state index in [0.29, 0.717) is 0 Å². The average Bonchev–Trinajstić information content (AvgIpc) is 2.49. The van der Waals surface area contributed by atoms with E-state index in [1.54, 1.807) is 18.2 Å². The highest BCUT2D eigenvalue weighted by molar-refractivity contribution is 6.42. The summed E-state index contributed by atoms with van der Waals surface area (Å²) in [4.78, 5) is 24.9. The van der Waals surface area contributed by atoms with Gasteiger partial charge in [0, 0.05) is 5.56 Å². The van der Waals surface area contributed by atoms with Crippen LogP contribution in [-0.2, 0) is 10.4 Å². The molecule has 1 atom stereocenters. The first-order valence-corrected chi connectivity index (χ1v) is 6.84. The molecule has 1 unspecified atom stereocenters. The maximum Gasteiger partial charge on any atom is 0.269 e. The second kappa shape index (κ2) is 4.84. The number of Topliss-reactive ketones (excluding diaryl/α,β-unsaturated/α-hetero) is 1. The van der Waals surface area contributed by atoms with Gasteiger partial charge >= 0.3 is 0 Å². The van der Waals surface area contributed by atoms with Crippen molar-refractivity contribution in [3.05, 3.63) is 63.6 Å². The van der Waals surface area contributed by atoms with Gasteiger partial charge in [-0.15, -0.1) is 0 Å². The van der Waals surface area contributed by atoms with E-state index in [1.165, 1.54) is 24.3 Å². The summed E-state index contributed by atoms with van der Waals surface area (Å²) in [6.45, 7) is 0. The van der Waals surface area contributed by atoms with Gasteiger partial charge in [0.05, 0.1) is 21.3 Å². The van der Waals surface area contributed by atoms with Crippen LogP contribution in [0.15, 0.2) is 42.5 Å². The summed E-state index contributed by atoms with van der Waals surface area (Å²) in [5.74, 6) is -1.64. The Balaban J connectivity index is 2.26. The minimum atomic E-state index is -2.32. The number of nitrogens with one attached hydrogen (secondary N) is 1. The molecule has 3 rings (SSSR count). The lowest BCUT2D eigenvalue weighted by atomic mass is 9.82. The van der Waals surface area contributed by atoms with Crippen LogP contribution in [0.2, 0.25) is 10.0 Å². The van der Waals surface area contributed by atoms with Gasteiger partial charge in [0.25, 0.3) is 5.91 Å². The number of carbonyl (C=O) groups is 2. The Kier molecular flexibility index (Phi) is 3.24. The molecule has 0 aliphatic carbocycles. The molecule has 0 bridgehead atoms. The summed E-state index contributed by atoms with van der Waals surface area (Å²) in [7, 11) is 0. The largest absolute Gasteiger partial charge is 0.369 e. The zero-order valence-electron chi connectivity index (χ0n) is 10.6. The van der Waals surface area contributed by atoms with Gasteiger partial charge in [-0.25, -0.2) is 0 Å². The van der Waals surface area contributed by atoms with Crippen molar-refractivity contribution in [2.24, 2.45) is 0 Å². The molecule has 0 spiro atoms. The minimum Gasteiger partial charge on any atom is -0.369 e. The van der Waals surface area contributed by atoms with Gasteiger partial charge in [-0.2, -0.15) is 0 Å². The summed E-state index contributed by atoms with van der Waals surface area (Å²) >= 11 is 12.0. The molecule has 21 heavy (non-hydrogen) atoms. The van der Waals surface area contributed by atoms with Crippen LogP contribution < -0.4 is 5.32 Å². The van der Waals surface area contributed by atoms with Gasteiger partial charge in [-0.3, -0.25) is 9.59 Å². The van der Waals surface area contributed by atoms with Crippen molar-refractivity contribution < 1.29 is 14.7 Å². The maximum absolute atomic E-state index is 12.7. The Labute approximate surface area is 130 Å². The molecule has 6 heteroatoms. The monoisotopic (exact) mass is 321 g/mol. The van der Waals surface area contributed by atoms with E-state index >= 15 is 0 Å². The molecular weight excluding hydrogens is 313 g/mol. The van der Waals surface area contributed by atoms with Crippen molar-refractivity contribution in [2.45, 2.75) is 5.60 Å². The molecule has 2 aromatic rings. The number of amides is 1. The molecular formula is C15H9Cl2NO3. The highest BCUT2D eigenvalue weighted by Crippen LogP contribution is 2.41. The van der Waals surface area contributed by atoms with Crippen LogP contribution in [0.4, 0.5) is 5.69 Å². The molecule has 1 aliphatic heterocycles. The quantitative estimate of drug-likeness (QED) is 0.793. The fourth-order valence-corrected chi connectivity index (χ4v) is 2.77. The third kappa shape index (κ3) is 1.95. The number of rotatable bonds is 1. The summed E-state index contributed by atoms with van der Waals surface area (Å²) in [6.07, 6.45) is 0. The van der Waals surface area contributed by atoms with Gasteiger partial charge in [0.2, 0.25) is 11.4 Å². The van der Waals surface area contributed by atoms with Crippen LogP contribution in [0.3, 0.4) is 0 Å². The Morgan fingerprint density at radius 1 is 0.952 bits per heavy atom. The number of hydrogen-bond donors (Lipinski definition) is 2. The van der Waals surface area contributed by atoms with Crippen molar-refractivity contribution in [2.75, 3.05) is 5.32 Å². The van der Waals surface area contributed by atoms with Crippen LogP contribution in [0.5, 0.6) is 0 Å². The van der Waals surface area contributed by atoms with Crippen LogP contribution in [0.25, 0.3) is 0 Å². The lowest BCUT2D eigenvalue weighted by Gasteiger charge is -2.32. The number of halogens is 2. The van der Waals surface area contributed by atoms with Gasteiger partial charge in [-0.1, -0.05) is 53.5 Å². The molecule has 0 fully saturated rings. The normalized spacial score (nSPS) is 20.9. The SMILES string of the molecule is O=C1Nc2c(Cl)ccc(Cl)c2C(=O)C1(O)c1ccccc1. The van der Waals surface area contributed by atoms with E-state index < -0.39 is 17.3 Å². The number of fused-ring (bicyclic) bond motifs is 1. The molecule has 1 heterocycles. The molecule has 0 aromatic heterocycles. The van der Waals surface area contributed by atoms with Crippen molar-refractivity contribution in [1.29, 1.82) is 0 Å². The standard InChI is InChI=1S/C15H9Cl2NO3/c16-9-6-7-10(17)12-11(9)13(19)15(21,14(20)18-12)8-4-2-1-3-5-8/h1-7,21H,(H,18,20). The van der Waals surface area contributed by atoms with Gasteiger partial charge in [0.1, 0.15) is 0 Å². The van der Waals surface area contributed by atoms with Crippen molar-refractivity contribution in [1.82, 2.24) is 0 Å². The Bertz CT molecular complexity index is 761. The zero-order valence-corrected chi connectivity index (χ0v) is 12.1. The van der Waals surface area contributed by atoms with Gasteiger partial charge < -0.3 is 10.4 Å².